The average Bonchev–Trinajstić information content (AvgIpc) is 2.84. The summed E-state index contributed by atoms with van der Waals surface area (Å²) in [6.07, 6.45) is 0. The summed E-state index contributed by atoms with van der Waals surface area (Å²) >= 11 is 1.27. The van der Waals surface area contributed by atoms with E-state index < -0.39 is 26.6 Å². The maximum absolute atomic E-state index is 13.7. The number of nitrogens with zero attached hydrogens (tertiary/aromatic N) is 1. The maximum Gasteiger partial charge on any atom is 0.243 e. The van der Waals surface area contributed by atoms with Crippen LogP contribution in [-0.2, 0) is 23.1 Å². The van der Waals surface area contributed by atoms with Gasteiger partial charge in [0.1, 0.15) is 4.90 Å². The first-order valence-corrected chi connectivity index (χ1v) is 8.28. The van der Waals surface area contributed by atoms with Crippen LogP contribution in [0.1, 0.15) is 16.1 Å². The summed E-state index contributed by atoms with van der Waals surface area (Å²) in [6.45, 7) is 1.61. The highest BCUT2D eigenvalue weighted by atomic mass is 32.2. The Labute approximate surface area is 124 Å². The molecule has 0 radical (unpaired) electrons. The molecule has 0 saturated carbocycles. The summed E-state index contributed by atoms with van der Waals surface area (Å²) in [6, 6.07) is 1.90. The van der Waals surface area contributed by atoms with Crippen LogP contribution in [0.5, 0.6) is 0 Å². The molecular formula is C12H13F2N3O2S2. The highest BCUT2D eigenvalue weighted by molar-refractivity contribution is 7.89. The van der Waals surface area contributed by atoms with Crippen LogP contribution in [0, 0.1) is 18.6 Å². The van der Waals surface area contributed by atoms with Crippen molar-refractivity contribution < 1.29 is 17.2 Å². The number of sulfonamides is 1. The third kappa shape index (κ3) is 3.43. The van der Waals surface area contributed by atoms with E-state index in [4.69, 9.17) is 5.73 Å². The first-order valence-electron chi connectivity index (χ1n) is 5.91. The van der Waals surface area contributed by atoms with Crippen molar-refractivity contribution in [3.8, 4) is 0 Å². The van der Waals surface area contributed by atoms with Crippen molar-refractivity contribution >= 4 is 21.4 Å². The molecule has 5 nitrogen and oxygen atoms in total. The van der Waals surface area contributed by atoms with Crippen molar-refractivity contribution in [3.05, 3.63) is 45.4 Å². The SMILES string of the molecule is Cc1ncsc1CNS(=O)(=O)c1cc(CN)cc(F)c1F. The fraction of sp³-hybridized carbons (Fsp3) is 0.250. The topological polar surface area (TPSA) is 85.1 Å². The van der Waals surface area contributed by atoms with Crippen molar-refractivity contribution in [3.63, 3.8) is 0 Å². The van der Waals surface area contributed by atoms with Crippen LogP contribution in [0.2, 0.25) is 0 Å². The Morgan fingerprint density at radius 2 is 2.10 bits per heavy atom. The van der Waals surface area contributed by atoms with Crippen LogP contribution in [0.25, 0.3) is 0 Å². The number of halogens is 2. The van der Waals surface area contributed by atoms with E-state index in [0.29, 0.717) is 10.6 Å². The van der Waals surface area contributed by atoms with Gasteiger partial charge in [0.25, 0.3) is 0 Å². The van der Waals surface area contributed by atoms with Gasteiger partial charge in [0, 0.05) is 18.0 Å². The lowest BCUT2D eigenvalue weighted by atomic mass is 10.2. The summed E-state index contributed by atoms with van der Waals surface area (Å²) in [5.41, 5.74) is 7.80. The standard InChI is InChI=1S/C12H13F2N3O2S2/c1-7-10(20-6-16-7)5-17-21(18,19)11-3-8(4-15)2-9(13)12(11)14/h2-3,6,17H,4-5,15H2,1H3. The van der Waals surface area contributed by atoms with E-state index in [2.05, 4.69) is 9.71 Å². The Balaban J connectivity index is 2.31. The number of thiazole rings is 1. The van der Waals surface area contributed by atoms with E-state index in [1.165, 1.54) is 11.3 Å². The minimum absolute atomic E-state index is 0.0350. The van der Waals surface area contributed by atoms with Crippen LogP contribution in [0.3, 0.4) is 0 Å². The summed E-state index contributed by atoms with van der Waals surface area (Å²) < 4.78 is 53.6. The highest BCUT2D eigenvalue weighted by Crippen LogP contribution is 2.20. The molecule has 0 atom stereocenters. The van der Waals surface area contributed by atoms with Gasteiger partial charge in [-0.2, -0.15) is 0 Å². The number of hydrogen-bond acceptors (Lipinski definition) is 5. The largest absolute Gasteiger partial charge is 0.326 e. The summed E-state index contributed by atoms with van der Waals surface area (Å²) in [5.74, 6) is -2.66. The van der Waals surface area contributed by atoms with Gasteiger partial charge in [-0.1, -0.05) is 0 Å². The zero-order chi connectivity index (χ0) is 15.6. The molecule has 1 heterocycles. The van der Waals surface area contributed by atoms with Gasteiger partial charge in [-0.15, -0.1) is 11.3 Å². The lowest BCUT2D eigenvalue weighted by molar-refractivity contribution is 0.481. The Kier molecular flexibility index (Phi) is 4.67. The van der Waals surface area contributed by atoms with E-state index in [0.717, 1.165) is 12.1 Å². The molecule has 0 spiro atoms. The second-order valence-electron chi connectivity index (χ2n) is 4.28. The normalized spacial score (nSPS) is 11.8. The minimum Gasteiger partial charge on any atom is -0.326 e. The molecule has 0 fully saturated rings. The molecule has 0 aliphatic carbocycles. The van der Waals surface area contributed by atoms with Crippen LogP contribution >= 0.6 is 11.3 Å². The predicted octanol–water partition coefficient (Wildman–Crippen LogP) is 1.67. The van der Waals surface area contributed by atoms with E-state index >= 15 is 0 Å². The Bertz CT molecular complexity index is 760. The molecule has 3 N–H and O–H groups in total. The van der Waals surface area contributed by atoms with Crippen molar-refractivity contribution in [2.45, 2.75) is 24.9 Å². The molecule has 1 aromatic heterocycles. The van der Waals surface area contributed by atoms with Gasteiger partial charge in [-0.3, -0.25) is 0 Å². The summed E-state index contributed by atoms with van der Waals surface area (Å²) in [7, 11) is -4.18. The number of nitrogens with one attached hydrogen (secondary N) is 1. The molecular weight excluding hydrogens is 320 g/mol. The third-order valence-corrected chi connectivity index (χ3v) is 5.18. The molecule has 0 unspecified atom stereocenters. The molecule has 2 rings (SSSR count). The lowest BCUT2D eigenvalue weighted by Gasteiger charge is -2.09. The van der Waals surface area contributed by atoms with Crippen LogP contribution in [0.4, 0.5) is 8.78 Å². The number of benzene rings is 1. The fourth-order valence-electron chi connectivity index (χ4n) is 1.66. The molecule has 114 valence electrons. The zero-order valence-corrected chi connectivity index (χ0v) is 12.7. The van der Waals surface area contributed by atoms with Gasteiger partial charge in [-0.05, 0) is 24.6 Å². The first kappa shape index (κ1) is 16.0. The second-order valence-corrected chi connectivity index (χ2v) is 6.95. The van der Waals surface area contributed by atoms with Gasteiger partial charge in [0.15, 0.2) is 11.6 Å². The lowest BCUT2D eigenvalue weighted by Crippen LogP contribution is -2.25. The van der Waals surface area contributed by atoms with Gasteiger partial charge >= 0.3 is 0 Å². The molecule has 9 heteroatoms. The van der Waals surface area contributed by atoms with Crippen molar-refractivity contribution in [2.75, 3.05) is 0 Å². The average molecular weight is 333 g/mol. The Hall–Kier alpha value is -1.42. The number of aryl methyl sites for hydroxylation is 1. The molecule has 0 aliphatic heterocycles. The molecule has 2 aromatic rings. The number of aromatic nitrogens is 1. The maximum atomic E-state index is 13.7. The first-order chi connectivity index (χ1) is 9.85. The van der Waals surface area contributed by atoms with Crippen molar-refractivity contribution in [1.29, 1.82) is 0 Å². The quantitative estimate of drug-likeness (QED) is 0.871. The Morgan fingerprint density at radius 1 is 1.38 bits per heavy atom. The van der Waals surface area contributed by atoms with Crippen molar-refractivity contribution in [2.24, 2.45) is 5.73 Å². The molecule has 0 saturated heterocycles. The second kappa shape index (κ2) is 6.14. The van der Waals surface area contributed by atoms with Gasteiger partial charge in [0.2, 0.25) is 10.0 Å². The monoisotopic (exact) mass is 333 g/mol. The van der Waals surface area contributed by atoms with Crippen molar-refractivity contribution in [1.82, 2.24) is 9.71 Å². The van der Waals surface area contributed by atoms with Gasteiger partial charge < -0.3 is 5.73 Å². The number of hydrogen-bond donors (Lipinski definition) is 2. The molecule has 21 heavy (non-hydrogen) atoms. The molecule has 0 amide bonds. The van der Waals surface area contributed by atoms with E-state index in [1.807, 2.05) is 0 Å². The van der Waals surface area contributed by atoms with E-state index in [-0.39, 0.29) is 18.7 Å². The summed E-state index contributed by atoms with van der Waals surface area (Å²) in [4.78, 5) is 3.94. The third-order valence-electron chi connectivity index (χ3n) is 2.85. The Morgan fingerprint density at radius 3 is 2.67 bits per heavy atom. The van der Waals surface area contributed by atoms with E-state index in [9.17, 15) is 17.2 Å². The smallest absolute Gasteiger partial charge is 0.243 e. The number of rotatable bonds is 5. The minimum atomic E-state index is -4.18. The highest BCUT2D eigenvalue weighted by Gasteiger charge is 2.23. The van der Waals surface area contributed by atoms with Crippen LogP contribution < -0.4 is 10.5 Å². The molecule has 0 bridgehead atoms. The number of nitrogens with two attached hydrogens (primary N) is 1. The molecule has 1 aromatic carbocycles. The molecule has 0 aliphatic rings. The van der Waals surface area contributed by atoms with E-state index in [1.54, 1.807) is 12.4 Å². The zero-order valence-electron chi connectivity index (χ0n) is 11.1. The fourth-order valence-corrected chi connectivity index (χ4v) is 3.60. The summed E-state index contributed by atoms with van der Waals surface area (Å²) in [5, 5.41) is 0. The van der Waals surface area contributed by atoms with Crippen LogP contribution in [-0.4, -0.2) is 13.4 Å². The predicted molar refractivity (Wildman–Crippen MR) is 75.1 cm³/mol. The van der Waals surface area contributed by atoms with Gasteiger partial charge in [-0.25, -0.2) is 26.9 Å². The van der Waals surface area contributed by atoms with Gasteiger partial charge in [0.05, 0.1) is 11.2 Å². The van der Waals surface area contributed by atoms with Crippen LogP contribution in [0.15, 0.2) is 22.5 Å².